The van der Waals surface area contributed by atoms with Crippen molar-refractivity contribution in [3.8, 4) is 11.3 Å². The number of nitrogens with one attached hydrogen (secondary N) is 1. The molecule has 0 aliphatic rings. The molecule has 1 amide bonds. The van der Waals surface area contributed by atoms with Crippen molar-refractivity contribution in [3.63, 3.8) is 0 Å². The minimum Gasteiger partial charge on any atom is -0.354 e. The fourth-order valence-electron chi connectivity index (χ4n) is 2.38. The largest absolute Gasteiger partial charge is 0.354 e. The molecule has 8 heteroatoms. The number of carbonyl (C=O) groups excluding carboxylic acids is 1. The Hall–Kier alpha value is -2.28. The van der Waals surface area contributed by atoms with E-state index < -0.39 is 34.4 Å². The summed E-state index contributed by atoms with van der Waals surface area (Å²) in [6.07, 6.45) is 0.723. The van der Waals surface area contributed by atoms with E-state index in [2.05, 4.69) is 10.3 Å². The van der Waals surface area contributed by atoms with E-state index in [1.165, 1.54) is 13.1 Å². The molecular weight excluding hydrogens is 352 g/mol. The second-order valence-electron chi connectivity index (χ2n) is 5.70. The van der Waals surface area contributed by atoms with Crippen LogP contribution in [0.25, 0.3) is 11.3 Å². The van der Waals surface area contributed by atoms with Crippen LogP contribution in [0.15, 0.2) is 23.0 Å². The van der Waals surface area contributed by atoms with Gasteiger partial charge in [0.2, 0.25) is 0 Å². The minimum atomic E-state index is -0.867. The van der Waals surface area contributed by atoms with Gasteiger partial charge in [0.25, 0.3) is 11.5 Å². The number of amides is 1. The van der Waals surface area contributed by atoms with Crippen LogP contribution in [0.1, 0.15) is 30.8 Å². The lowest BCUT2D eigenvalue weighted by atomic mass is 10.1. The van der Waals surface area contributed by atoms with Crippen molar-refractivity contribution in [2.75, 3.05) is 7.05 Å². The van der Waals surface area contributed by atoms with Crippen LogP contribution in [-0.2, 0) is 6.54 Å². The summed E-state index contributed by atoms with van der Waals surface area (Å²) in [6.45, 7) is 3.94. The van der Waals surface area contributed by atoms with E-state index in [9.17, 15) is 18.4 Å². The molecule has 1 N–H and O–H groups in total. The Morgan fingerprint density at radius 3 is 2.48 bits per heavy atom. The van der Waals surface area contributed by atoms with E-state index in [4.69, 9.17) is 11.6 Å². The zero-order chi connectivity index (χ0) is 18.7. The van der Waals surface area contributed by atoms with Gasteiger partial charge in [-0.1, -0.05) is 37.9 Å². The van der Waals surface area contributed by atoms with E-state index in [1.807, 2.05) is 13.8 Å². The molecule has 0 saturated carbocycles. The molecule has 0 unspecified atom stereocenters. The maximum absolute atomic E-state index is 14.3. The van der Waals surface area contributed by atoms with Crippen LogP contribution in [0.5, 0.6) is 0 Å². The molecule has 25 heavy (non-hydrogen) atoms. The Morgan fingerprint density at radius 2 is 1.96 bits per heavy atom. The number of carbonyl (C=O) groups is 1. The smallest absolute Gasteiger partial charge is 0.282 e. The molecule has 0 bridgehead atoms. The van der Waals surface area contributed by atoms with Gasteiger partial charge in [0, 0.05) is 13.6 Å². The molecule has 134 valence electrons. The van der Waals surface area contributed by atoms with E-state index in [-0.39, 0.29) is 23.3 Å². The minimum absolute atomic E-state index is 0.0160. The summed E-state index contributed by atoms with van der Waals surface area (Å²) >= 11 is 6.13. The van der Waals surface area contributed by atoms with Gasteiger partial charge in [-0.2, -0.15) is 0 Å². The van der Waals surface area contributed by atoms with Crippen molar-refractivity contribution < 1.29 is 13.6 Å². The van der Waals surface area contributed by atoms with Crippen molar-refractivity contribution in [1.29, 1.82) is 0 Å². The predicted octanol–water partition coefficient (Wildman–Crippen LogP) is 3.25. The zero-order valence-electron chi connectivity index (χ0n) is 14.1. The number of rotatable bonds is 5. The molecule has 1 aromatic carbocycles. The standard InChI is InChI=1S/C17H18ClF2N3O2/c1-4-9(2)8-23-14(12-10(19)6-5-7-11(12)20)15(18)22-13(17(23)25)16(24)21-3/h5-7,9H,4,8H2,1-3H3,(H,21,24)/t9-/m0/s1. The molecule has 0 saturated heterocycles. The summed E-state index contributed by atoms with van der Waals surface area (Å²) in [7, 11) is 1.35. The van der Waals surface area contributed by atoms with Gasteiger partial charge in [-0.3, -0.25) is 9.59 Å². The van der Waals surface area contributed by atoms with Gasteiger partial charge in [-0.25, -0.2) is 13.8 Å². The highest BCUT2D eigenvalue weighted by molar-refractivity contribution is 6.32. The lowest BCUT2D eigenvalue weighted by molar-refractivity contribution is 0.0955. The maximum Gasteiger partial charge on any atom is 0.282 e. The highest BCUT2D eigenvalue weighted by Gasteiger charge is 2.25. The van der Waals surface area contributed by atoms with Gasteiger partial charge in [0.1, 0.15) is 11.6 Å². The van der Waals surface area contributed by atoms with Crippen molar-refractivity contribution in [1.82, 2.24) is 14.9 Å². The summed E-state index contributed by atoms with van der Waals surface area (Å²) in [5, 5.41) is 1.99. The highest BCUT2D eigenvalue weighted by Crippen LogP contribution is 2.31. The predicted molar refractivity (Wildman–Crippen MR) is 91.7 cm³/mol. The molecule has 1 atom stereocenters. The first-order valence-corrected chi connectivity index (χ1v) is 8.16. The zero-order valence-corrected chi connectivity index (χ0v) is 14.8. The summed E-state index contributed by atoms with van der Waals surface area (Å²) in [5.74, 6) is -2.44. The van der Waals surface area contributed by atoms with E-state index >= 15 is 0 Å². The lowest BCUT2D eigenvalue weighted by Gasteiger charge is -2.19. The normalized spacial score (nSPS) is 12.1. The first-order valence-electron chi connectivity index (χ1n) is 7.78. The molecule has 2 aromatic rings. The maximum atomic E-state index is 14.3. The highest BCUT2D eigenvalue weighted by atomic mass is 35.5. The van der Waals surface area contributed by atoms with Crippen LogP contribution >= 0.6 is 11.6 Å². The molecule has 0 spiro atoms. The molecular formula is C17H18ClF2N3O2. The van der Waals surface area contributed by atoms with Crippen molar-refractivity contribution in [3.05, 3.63) is 51.0 Å². The first kappa shape index (κ1) is 19.1. The van der Waals surface area contributed by atoms with Gasteiger partial charge in [0.05, 0.1) is 11.3 Å². The lowest BCUT2D eigenvalue weighted by Crippen LogP contribution is -2.35. The number of hydrogen-bond acceptors (Lipinski definition) is 3. The van der Waals surface area contributed by atoms with Crippen LogP contribution in [-0.4, -0.2) is 22.5 Å². The Kier molecular flexibility index (Phi) is 5.89. The monoisotopic (exact) mass is 369 g/mol. The average Bonchev–Trinajstić information content (AvgIpc) is 2.58. The van der Waals surface area contributed by atoms with Gasteiger partial charge in [-0.15, -0.1) is 0 Å². The molecule has 0 aliphatic heterocycles. The fraction of sp³-hybridized carbons (Fsp3) is 0.353. The van der Waals surface area contributed by atoms with Gasteiger partial charge in [-0.05, 0) is 18.1 Å². The molecule has 0 aliphatic carbocycles. The van der Waals surface area contributed by atoms with Crippen molar-refractivity contribution in [2.24, 2.45) is 5.92 Å². The molecule has 0 radical (unpaired) electrons. The average molecular weight is 370 g/mol. The fourth-order valence-corrected chi connectivity index (χ4v) is 2.66. The Bertz CT molecular complexity index is 847. The number of hydrogen-bond donors (Lipinski definition) is 1. The summed E-state index contributed by atoms with van der Waals surface area (Å²) in [4.78, 5) is 28.4. The van der Waals surface area contributed by atoms with Crippen LogP contribution in [0.2, 0.25) is 5.15 Å². The molecule has 5 nitrogen and oxygen atoms in total. The summed E-state index contributed by atoms with van der Waals surface area (Å²) in [5.41, 5.74) is -1.78. The molecule has 1 heterocycles. The second-order valence-corrected chi connectivity index (χ2v) is 6.06. The molecule has 1 aromatic heterocycles. The molecule has 0 fully saturated rings. The quantitative estimate of drug-likeness (QED) is 0.880. The number of nitrogens with zero attached hydrogens (tertiary/aromatic N) is 2. The Balaban J connectivity index is 2.85. The van der Waals surface area contributed by atoms with E-state index in [0.29, 0.717) is 0 Å². The van der Waals surface area contributed by atoms with Crippen LogP contribution in [0.3, 0.4) is 0 Å². The first-order chi connectivity index (χ1) is 11.8. The third-order valence-electron chi connectivity index (χ3n) is 3.96. The third-order valence-corrected chi connectivity index (χ3v) is 4.22. The third kappa shape index (κ3) is 3.71. The summed E-state index contributed by atoms with van der Waals surface area (Å²) in [6, 6.07) is 3.35. The Labute approximate surface area is 148 Å². The van der Waals surface area contributed by atoms with Crippen LogP contribution < -0.4 is 10.9 Å². The van der Waals surface area contributed by atoms with Crippen LogP contribution in [0, 0.1) is 17.6 Å². The number of benzene rings is 1. The second kappa shape index (κ2) is 7.74. The van der Waals surface area contributed by atoms with Crippen molar-refractivity contribution in [2.45, 2.75) is 26.8 Å². The van der Waals surface area contributed by atoms with Gasteiger partial charge in [0.15, 0.2) is 10.8 Å². The van der Waals surface area contributed by atoms with Gasteiger partial charge < -0.3 is 9.88 Å². The molecule has 2 rings (SSSR count). The Morgan fingerprint density at radius 1 is 1.36 bits per heavy atom. The number of halogens is 3. The van der Waals surface area contributed by atoms with E-state index in [0.717, 1.165) is 23.1 Å². The van der Waals surface area contributed by atoms with Gasteiger partial charge >= 0.3 is 0 Å². The summed E-state index contributed by atoms with van der Waals surface area (Å²) < 4.78 is 29.6. The van der Waals surface area contributed by atoms with Crippen LogP contribution in [0.4, 0.5) is 8.78 Å². The topological polar surface area (TPSA) is 64.0 Å². The van der Waals surface area contributed by atoms with Crippen molar-refractivity contribution >= 4 is 17.5 Å². The SMILES string of the molecule is CC[C@H](C)Cn1c(-c2c(F)cccc2F)c(Cl)nc(C(=O)NC)c1=O. The number of aromatic nitrogens is 2. The van der Waals surface area contributed by atoms with E-state index in [1.54, 1.807) is 0 Å².